The van der Waals surface area contributed by atoms with Crippen molar-refractivity contribution in [3.05, 3.63) is 50.9 Å². The van der Waals surface area contributed by atoms with Gasteiger partial charge in [0.05, 0.1) is 11.3 Å². The summed E-state index contributed by atoms with van der Waals surface area (Å²) >= 11 is 1.28. The standard InChI is InChI=1S/C20H24N4O2S/c1-6-24-19(26)18-15(9-14(5)21-18)22-20(24)27-10-16(25)23-17-12(3)7-11(2)8-13(17)4/h7-9,21H,6,10H2,1-5H3,(H,23,25). The van der Waals surface area contributed by atoms with Gasteiger partial charge in [0.2, 0.25) is 5.91 Å². The molecular formula is C20H24N4O2S. The van der Waals surface area contributed by atoms with Crippen LogP contribution < -0.4 is 10.9 Å². The Morgan fingerprint density at radius 2 is 1.85 bits per heavy atom. The smallest absolute Gasteiger partial charge is 0.278 e. The summed E-state index contributed by atoms with van der Waals surface area (Å²) in [6.45, 7) is 10.3. The van der Waals surface area contributed by atoms with E-state index in [1.54, 1.807) is 4.57 Å². The molecule has 0 fully saturated rings. The molecule has 6 nitrogen and oxygen atoms in total. The third-order valence-electron chi connectivity index (χ3n) is 4.43. The number of amides is 1. The summed E-state index contributed by atoms with van der Waals surface area (Å²) in [7, 11) is 0. The molecular weight excluding hydrogens is 360 g/mol. The molecule has 0 saturated heterocycles. The molecule has 0 unspecified atom stereocenters. The highest BCUT2D eigenvalue weighted by Gasteiger charge is 2.15. The molecule has 0 aliphatic rings. The first kappa shape index (κ1) is 19.2. The first-order valence-electron chi connectivity index (χ1n) is 8.90. The first-order chi connectivity index (χ1) is 12.8. The zero-order chi connectivity index (χ0) is 19.7. The summed E-state index contributed by atoms with van der Waals surface area (Å²) in [6.07, 6.45) is 0. The second-order valence-electron chi connectivity index (χ2n) is 6.77. The Morgan fingerprint density at radius 1 is 1.19 bits per heavy atom. The molecule has 0 saturated carbocycles. The van der Waals surface area contributed by atoms with E-state index in [-0.39, 0.29) is 17.2 Å². The van der Waals surface area contributed by atoms with Crippen molar-refractivity contribution in [3.63, 3.8) is 0 Å². The van der Waals surface area contributed by atoms with Gasteiger partial charge >= 0.3 is 0 Å². The number of H-pyrrole nitrogens is 1. The molecule has 0 spiro atoms. The minimum atomic E-state index is -0.114. The maximum Gasteiger partial charge on any atom is 0.278 e. The Bertz CT molecular complexity index is 1060. The van der Waals surface area contributed by atoms with E-state index >= 15 is 0 Å². The zero-order valence-electron chi connectivity index (χ0n) is 16.3. The summed E-state index contributed by atoms with van der Waals surface area (Å²) in [6, 6.07) is 5.95. The summed E-state index contributed by atoms with van der Waals surface area (Å²) in [5.41, 5.74) is 6.03. The van der Waals surface area contributed by atoms with Gasteiger partial charge in [-0.3, -0.25) is 14.2 Å². The van der Waals surface area contributed by atoms with Gasteiger partial charge < -0.3 is 10.3 Å². The van der Waals surface area contributed by atoms with Crippen molar-refractivity contribution in [3.8, 4) is 0 Å². The number of aromatic nitrogens is 3. The molecule has 1 aromatic carbocycles. The highest BCUT2D eigenvalue weighted by atomic mass is 32.2. The lowest BCUT2D eigenvalue weighted by Crippen LogP contribution is -2.23. The van der Waals surface area contributed by atoms with Crippen molar-refractivity contribution in [2.45, 2.75) is 46.3 Å². The average molecular weight is 385 g/mol. The third-order valence-corrected chi connectivity index (χ3v) is 5.40. The number of thioether (sulfide) groups is 1. The van der Waals surface area contributed by atoms with Crippen LogP contribution >= 0.6 is 11.8 Å². The number of fused-ring (bicyclic) bond motifs is 1. The predicted molar refractivity (Wildman–Crippen MR) is 111 cm³/mol. The lowest BCUT2D eigenvalue weighted by Gasteiger charge is -2.13. The van der Waals surface area contributed by atoms with Crippen molar-refractivity contribution < 1.29 is 4.79 Å². The number of rotatable bonds is 5. The van der Waals surface area contributed by atoms with Crippen LogP contribution in [0, 0.1) is 27.7 Å². The second-order valence-corrected chi connectivity index (χ2v) is 7.71. The van der Waals surface area contributed by atoms with Gasteiger partial charge in [-0.2, -0.15) is 0 Å². The zero-order valence-corrected chi connectivity index (χ0v) is 17.1. The van der Waals surface area contributed by atoms with Gasteiger partial charge in [-0.05, 0) is 51.8 Å². The van der Waals surface area contributed by atoms with Gasteiger partial charge in [0.25, 0.3) is 5.56 Å². The number of hydrogen-bond acceptors (Lipinski definition) is 4. The molecule has 3 rings (SSSR count). The van der Waals surface area contributed by atoms with Gasteiger partial charge in [-0.25, -0.2) is 4.98 Å². The van der Waals surface area contributed by atoms with Crippen molar-refractivity contribution in [2.24, 2.45) is 0 Å². The van der Waals surface area contributed by atoms with E-state index in [1.807, 2.05) is 52.8 Å². The van der Waals surface area contributed by atoms with Crippen molar-refractivity contribution >= 4 is 34.4 Å². The van der Waals surface area contributed by atoms with Crippen LogP contribution in [0.25, 0.3) is 11.0 Å². The number of aryl methyl sites for hydroxylation is 4. The van der Waals surface area contributed by atoms with Crippen LogP contribution in [-0.4, -0.2) is 26.2 Å². The number of benzene rings is 1. The molecule has 142 valence electrons. The number of nitrogens with one attached hydrogen (secondary N) is 2. The fourth-order valence-electron chi connectivity index (χ4n) is 3.28. The Morgan fingerprint density at radius 3 is 2.48 bits per heavy atom. The average Bonchev–Trinajstić information content (AvgIpc) is 2.97. The lowest BCUT2D eigenvalue weighted by atomic mass is 10.1. The highest BCUT2D eigenvalue weighted by molar-refractivity contribution is 7.99. The summed E-state index contributed by atoms with van der Waals surface area (Å²) in [4.78, 5) is 32.7. The molecule has 0 aliphatic carbocycles. The number of carbonyl (C=O) groups excluding carboxylic acids is 1. The molecule has 0 atom stereocenters. The molecule has 2 aromatic heterocycles. The number of nitrogens with zero attached hydrogens (tertiary/aromatic N) is 2. The Kier molecular flexibility index (Phi) is 5.41. The summed E-state index contributed by atoms with van der Waals surface area (Å²) < 4.78 is 1.60. The SMILES string of the molecule is CCn1c(SCC(=O)Nc2c(C)cc(C)cc2C)nc2cc(C)[nH]c2c1=O. The second kappa shape index (κ2) is 7.60. The van der Waals surface area contributed by atoms with E-state index in [2.05, 4.69) is 15.3 Å². The Balaban J connectivity index is 1.80. The van der Waals surface area contributed by atoms with Gasteiger partial charge in [0, 0.05) is 17.9 Å². The summed E-state index contributed by atoms with van der Waals surface area (Å²) in [5, 5.41) is 3.55. The molecule has 3 aromatic rings. The van der Waals surface area contributed by atoms with E-state index in [0.717, 1.165) is 22.5 Å². The summed E-state index contributed by atoms with van der Waals surface area (Å²) in [5.74, 6) is 0.0750. The molecule has 2 heterocycles. The minimum absolute atomic E-state index is 0.108. The molecule has 0 bridgehead atoms. The van der Waals surface area contributed by atoms with Gasteiger partial charge in [0.15, 0.2) is 5.16 Å². The first-order valence-corrected chi connectivity index (χ1v) is 9.89. The van der Waals surface area contributed by atoms with E-state index in [0.29, 0.717) is 22.7 Å². The number of hydrogen-bond donors (Lipinski definition) is 2. The van der Waals surface area contributed by atoms with Gasteiger partial charge in [-0.15, -0.1) is 0 Å². The maximum absolute atomic E-state index is 12.6. The van der Waals surface area contributed by atoms with Crippen molar-refractivity contribution in [2.75, 3.05) is 11.1 Å². The van der Waals surface area contributed by atoms with Crippen LogP contribution in [0.3, 0.4) is 0 Å². The number of carbonyl (C=O) groups is 1. The lowest BCUT2D eigenvalue weighted by molar-refractivity contribution is -0.113. The van der Waals surface area contributed by atoms with Crippen molar-refractivity contribution in [1.29, 1.82) is 0 Å². The predicted octanol–water partition coefficient (Wildman–Crippen LogP) is 3.71. The maximum atomic E-state index is 12.6. The molecule has 0 radical (unpaired) electrons. The van der Waals surface area contributed by atoms with Crippen LogP contribution in [0.1, 0.15) is 29.3 Å². The number of anilines is 1. The monoisotopic (exact) mass is 384 g/mol. The van der Waals surface area contributed by atoms with Gasteiger partial charge in [-0.1, -0.05) is 29.5 Å². The third kappa shape index (κ3) is 3.93. The molecule has 2 N–H and O–H groups in total. The fourth-order valence-corrected chi connectivity index (χ4v) is 4.15. The van der Waals surface area contributed by atoms with E-state index in [4.69, 9.17) is 0 Å². The molecule has 0 aliphatic heterocycles. The topological polar surface area (TPSA) is 79.8 Å². The largest absolute Gasteiger partial charge is 0.353 e. The minimum Gasteiger partial charge on any atom is -0.353 e. The molecule has 1 amide bonds. The van der Waals surface area contributed by atoms with Gasteiger partial charge in [0.1, 0.15) is 5.52 Å². The number of aromatic amines is 1. The van der Waals surface area contributed by atoms with E-state index in [9.17, 15) is 9.59 Å². The van der Waals surface area contributed by atoms with Crippen LogP contribution in [0.15, 0.2) is 28.2 Å². The van der Waals surface area contributed by atoms with E-state index in [1.165, 1.54) is 17.3 Å². The Hall–Kier alpha value is -2.54. The quantitative estimate of drug-likeness (QED) is 0.519. The van der Waals surface area contributed by atoms with Crippen LogP contribution in [0.5, 0.6) is 0 Å². The van der Waals surface area contributed by atoms with Crippen molar-refractivity contribution in [1.82, 2.24) is 14.5 Å². The fraction of sp³-hybridized carbons (Fsp3) is 0.350. The highest BCUT2D eigenvalue weighted by Crippen LogP contribution is 2.23. The van der Waals surface area contributed by atoms with E-state index < -0.39 is 0 Å². The van der Waals surface area contributed by atoms with Crippen LogP contribution in [0.4, 0.5) is 5.69 Å². The normalized spacial score (nSPS) is 11.1. The molecule has 27 heavy (non-hydrogen) atoms. The van der Waals surface area contributed by atoms with Crippen LogP contribution in [-0.2, 0) is 11.3 Å². The molecule has 7 heteroatoms. The van der Waals surface area contributed by atoms with Crippen LogP contribution in [0.2, 0.25) is 0 Å². The Labute approximate surface area is 162 Å².